The molecule has 1 aromatic heterocycles. The SMILES string of the molecule is CN(C(=O)Cc1nccs1)c1ccccc1Oc1ccccc1. The fourth-order valence-corrected chi connectivity index (χ4v) is 2.77. The van der Waals surface area contributed by atoms with Gasteiger partial charge in [-0.05, 0) is 24.3 Å². The van der Waals surface area contributed by atoms with Crippen LogP contribution in [0, 0.1) is 0 Å². The summed E-state index contributed by atoms with van der Waals surface area (Å²) in [6, 6.07) is 17.0. The molecule has 4 nitrogen and oxygen atoms in total. The number of amides is 1. The smallest absolute Gasteiger partial charge is 0.233 e. The number of carbonyl (C=O) groups excluding carboxylic acids is 1. The van der Waals surface area contributed by atoms with Crippen LogP contribution < -0.4 is 9.64 Å². The second-order valence-electron chi connectivity index (χ2n) is 4.94. The van der Waals surface area contributed by atoms with Gasteiger partial charge in [-0.1, -0.05) is 30.3 Å². The molecule has 2 aromatic carbocycles. The Balaban J connectivity index is 1.80. The lowest BCUT2D eigenvalue weighted by Crippen LogP contribution is -2.28. The van der Waals surface area contributed by atoms with Crippen molar-refractivity contribution in [1.29, 1.82) is 0 Å². The van der Waals surface area contributed by atoms with Crippen LogP contribution in [0.4, 0.5) is 5.69 Å². The molecule has 0 aliphatic carbocycles. The van der Waals surface area contributed by atoms with Gasteiger partial charge < -0.3 is 9.64 Å². The zero-order chi connectivity index (χ0) is 16.1. The van der Waals surface area contributed by atoms with Gasteiger partial charge in [-0.3, -0.25) is 4.79 Å². The highest BCUT2D eigenvalue weighted by Crippen LogP contribution is 2.31. The normalized spacial score (nSPS) is 10.3. The van der Waals surface area contributed by atoms with Gasteiger partial charge in [0.05, 0.1) is 12.1 Å². The highest BCUT2D eigenvalue weighted by atomic mass is 32.1. The molecule has 5 heteroatoms. The molecule has 0 radical (unpaired) electrons. The minimum absolute atomic E-state index is 0.0240. The number of anilines is 1. The first kappa shape index (κ1) is 15.2. The maximum Gasteiger partial charge on any atom is 0.233 e. The number of likely N-dealkylation sites (N-methyl/N-ethyl adjacent to an activating group) is 1. The summed E-state index contributed by atoms with van der Waals surface area (Å²) < 4.78 is 5.91. The van der Waals surface area contributed by atoms with Crippen LogP contribution in [0.3, 0.4) is 0 Å². The summed E-state index contributed by atoms with van der Waals surface area (Å²) in [6.07, 6.45) is 1.99. The van der Waals surface area contributed by atoms with E-state index in [1.807, 2.05) is 60.0 Å². The Morgan fingerprint density at radius 1 is 1.13 bits per heavy atom. The second kappa shape index (κ2) is 7.07. The van der Waals surface area contributed by atoms with E-state index in [9.17, 15) is 4.79 Å². The molecule has 0 saturated carbocycles. The summed E-state index contributed by atoms with van der Waals surface area (Å²) in [4.78, 5) is 18.2. The van der Waals surface area contributed by atoms with Gasteiger partial charge in [-0.25, -0.2) is 4.98 Å². The minimum atomic E-state index is -0.0240. The molecule has 23 heavy (non-hydrogen) atoms. The largest absolute Gasteiger partial charge is 0.455 e. The Kier molecular flexibility index (Phi) is 4.68. The monoisotopic (exact) mass is 324 g/mol. The summed E-state index contributed by atoms with van der Waals surface area (Å²) in [5.41, 5.74) is 0.734. The van der Waals surface area contributed by atoms with Crippen LogP contribution in [0.2, 0.25) is 0 Å². The van der Waals surface area contributed by atoms with E-state index < -0.39 is 0 Å². The summed E-state index contributed by atoms with van der Waals surface area (Å²) in [7, 11) is 1.75. The molecule has 0 aliphatic rings. The van der Waals surface area contributed by atoms with Gasteiger partial charge in [0.1, 0.15) is 10.8 Å². The Bertz CT molecular complexity index is 773. The molecule has 0 aliphatic heterocycles. The third-order valence-electron chi connectivity index (χ3n) is 3.36. The summed E-state index contributed by atoms with van der Waals surface area (Å²) in [5.74, 6) is 1.36. The Morgan fingerprint density at radius 3 is 2.61 bits per heavy atom. The van der Waals surface area contributed by atoms with Crippen molar-refractivity contribution in [3.05, 3.63) is 71.2 Å². The third-order valence-corrected chi connectivity index (χ3v) is 4.14. The molecule has 3 rings (SSSR count). The van der Waals surface area contributed by atoms with Gasteiger partial charge in [-0.15, -0.1) is 11.3 Å². The highest BCUT2D eigenvalue weighted by molar-refractivity contribution is 7.09. The minimum Gasteiger partial charge on any atom is -0.455 e. The van der Waals surface area contributed by atoms with Crippen molar-refractivity contribution < 1.29 is 9.53 Å². The maximum atomic E-state index is 12.5. The Labute approximate surface area is 139 Å². The standard InChI is InChI=1S/C18H16N2O2S/c1-20(18(21)13-17-19-11-12-23-17)15-9-5-6-10-16(15)22-14-7-3-2-4-8-14/h2-12H,13H2,1H3. The maximum absolute atomic E-state index is 12.5. The number of hydrogen-bond acceptors (Lipinski definition) is 4. The first-order chi connectivity index (χ1) is 11.2. The van der Waals surface area contributed by atoms with E-state index in [1.165, 1.54) is 11.3 Å². The number of aromatic nitrogens is 1. The third kappa shape index (κ3) is 3.76. The molecule has 116 valence electrons. The molecule has 0 saturated heterocycles. The van der Waals surface area contributed by atoms with Crippen molar-refractivity contribution in [2.24, 2.45) is 0 Å². The van der Waals surface area contributed by atoms with E-state index in [0.29, 0.717) is 5.75 Å². The lowest BCUT2D eigenvalue weighted by atomic mass is 10.2. The van der Waals surface area contributed by atoms with E-state index >= 15 is 0 Å². The molecule has 0 atom stereocenters. The molecular weight excluding hydrogens is 308 g/mol. The zero-order valence-electron chi connectivity index (χ0n) is 12.7. The molecule has 0 spiro atoms. The van der Waals surface area contributed by atoms with Gasteiger partial charge in [0.25, 0.3) is 0 Å². The van der Waals surface area contributed by atoms with Gasteiger partial charge in [0.2, 0.25) is 5.91 Å². The van der Waals surface area contributed by atoms with E-state index in [0.717, 1.165) is 16.4 Å². The van der Waals surface area contributed by atoms with Crippen molar-refractivity contribution in [2.75, 3.05) is 11.9 Å². The quantitative estimate of drug-likeness (QED) is 0.708. The fraction of sp³-hybridized carbons (Fsp3) is 0.111. The first-order valence-electron chi connectivity index (χ1n) is 7.21. The number of hydrogen-bond donors (Lipinski definition) is 0. The number of rotatable bonds is 5. The summed E-state index contributed by atoms with van der Waals surface area (Å²) in [6.45, 7) is 0. The van der Waals surface area contributed by atoms with Crippen molar-refractivity contribution >= 4 is 22.9 Å². The van der Waals surface area contributed by atoms with Crippen molar-refractivity contribution in [1.82, 2.24) is 4.98 Å². The van der Waals surface area contributed by atoms with Gasteiger partial charge in [-0.2, -0.15) is 0 Å². The number of ether oxygens (including phenoxy) is 1. The van der Waals surface area contributed by atoms with Crippen LogP contribution in [0.1, 0.15) is 5.01 Å². The fourth-order valence-electron chi connectivity index (χ4n) is 2.16. The average molecular weight is 324 g/mol. The second-order valence-corrected chi connectivity index (χ2v) is 5.92. The number of carbonyl (C=O) groups is 1. The molecule has 0 unspecified atom stereocenters. The zero-order valence-corrected chi connectivity index (χ0v) is 13.5. The number of thiazole rings is 1. The lowest BCUT2D eigenvalue weighted by Gasteiger charge is -2.20. The molecule has 1 amide bonds. The van der Waals surface area contributed by atoms with Crippen molar-refractivity contribution in [3.8, 4) is 11.5 Å². The van der Waals surface area contributed by atoms with Crippen LogP contribution in [0.25, 0.3) is 0 Å². The first-order valence-corrected chi connectivity index (χ1v) is 8.09. The molecule has 0 bridgehead atoms. The van der Waals surface area contributed by atoms with Gasteiger partial charge in [0, 0.05) is 18.6 Å². The average Bonchev–Trinajstić information content (AvgIpc) is 3.08. The van der Waals surface area contributed by atoms with E-state index in [1.54, 1.807) is 18.1 Å². The molecule has 3 aromatic rings. The van der Waals surface area contributed by atoms with E-state index in [2.05, 4.69) is 4.98 Å². The van der Waals surface area contributed by atoms with Gasteiger partial charge in [0.15, 0.2) is 5.75 Å². The van der Waals surface area contributed by atoms with E-state index in [4.69, 9.17) is 4.74 Å². The lowest BCUT2D eigenvalue weighted by molar-refractivity contribution is -0.117. The van der Waals surface area contributed by atoms with Crippen LogP contribution in [0.5, 0.6) is 11.5 Å². The van der Waals surface area contributed by atoms with Crippen molar-refractivity contribution in [2.45, 2.75) is 6.42 Å². The van der Waals surface area contributed by atoms with E-state index in [-0.39, 0.29) is 12.3 Å². The van der Waals surface area contributed by atoms with Crippen LogP contribution in [0.15, 0.2) is 66.2 Å². The summed E-state index contributed by atoms with van der Waals surface area (Å²) in [5, 5.41) is 2.68. The Morgan fingerprint density at radius 2 is 1.87 bits per heavy atom. The predicted octanol–water partition coefficient (Wildman–Crippen LogP) is 4.14. The highest BCUT2D eigenvalue weighted by Gasteiger charge is 2.17. The Hall–Kier alpha value is -2.66. The molecule has 1 heterocycles. The molecular formula is C18H16N2O2S. The summed E-state index contributed by atoms with van der Waals surface area (Å²) >= 11 is 1.48. The van der Waals surface area contributed by atoms with Crippen LogP contribution in [-0.4, -0.2) is 17.9 Å². The van der Waals surface area contributed by atoms with Crippen LogP contribution in [-0.2, 0) is 11.2 Å². The molecule has 0 N–H and O–H groups in total. The van der Waals surface area contributed by atoms with Gasteiger partial charge >= 0.3 is 0 Å². The van der Waals surface area contributed by atoms with Crippen molar-refractivity contribution in [3.63, 3.8) is 0 Å². The number of nitrogens with zero attached hydrogens (tertiary/aromatic N) is 2. The molecule has 0 fully saturated rings. The van der Waals surface area contributed by atoms with Crippen LogP contribution >= 0.6 is 11.3 Å². The topological polar surface area (TPSA) is 42.4 Å². The number of para-hydroxylation sites is 3. The number of benzene rings is 2. The predicted molar refractivity (Wildman–Crippen MR) is 92.2 cm³/mol.